The Morgan fingerprint density at radius 2 is 1.92 bits per heavy atom. The number of hydrogen-bond acceptors (Lipinski definition) is 5. The van der Waals surface area contributed by atoms with Gasteiger partial charge in [0.15, 0.2) is 5.41 Å². The molecule has 4 rings (SSSR count). The number of rotatable bonds is 0. The molecule has 8 heteroatoms. The zero-order chi connectivity index (χ0) is 17.9. The molecule has 3 aliphatic rings. The summed E-state index contributed by atoms with van der Waals surface area (Å²) in [5.74, 6) is -0.438. The molecule has 1 spiro atoms. The molecule has 0 aromatic carbocycles. The minimum atomic E-state index is -1.30. The summed E-state index contributed by atoms with van der Waals surface area (Å²) in [5, 5.41) is 4.63. The van der Waals surface area contributed by atoms with E-state index >= 15 is 0 Å². The van der Waals surface area contributed by atoms with Gasteiger partial charge in [-0.3, -0.25) is 20.2 Å². The third kappa shape index (κ3) is 2.30. The van der Waals surface area contributed by atoms with Gasteiger partial charge in [-0.1, -0.05) is 13.8 Å². The summed E-state index contributed by atoms with van der Waals surface area (Å²) in [7, 11) is 0. The Labute approximate surface area is 153 Å². The van der Waals surface area contributed by atoms with Gasteiger partial charge in [0.2, 0.25) is 11.8 Å². The van der Waals surface area contributed by atoms with Gasteiger partial charge in [-0.05, 0) is 52.2 Å². The number of nitrogens with zero attached hydrogens (tertiary/aromatic N) is 2. The second kappa shape index (κ2) is 5.52. The summed E-state index contributed by atoms with van der Waals surface area (Å²) < 4.78 is 0.658. The Morgan fingerprint density at radius 1 is 1.24 bits per heavy atom. The van der Waals surface area contributed by atoms with Crippen molar-refractivity contribution in [3.05, 3.63) is 22.4 Å². The van der Waals surface area contributed by atoms with Gasteiger partial charge < -0.3 is 4.90 Å². The van der Waals surface area contributed by atoms with Crippen LogP contribution in [0.4, 0.5) is 10.5 Å². The number of barbiturate groups is 1. The van der Waals surface area contributed by atoms with E-state index in [0.717, 1.165) is 24.2 Å². The van der Waals surface area contributed by atoms with Crippen molar-refractivity contribution in [1.29, 1.82) is 0 Å². The molecule has 0 radical (unpaired) electrons. The van der Waals surface area contributed by atoms with Gasteiger partial charge in [-0.15, -0.1) is 0 Å². The maximum atomic E-state index is 12.9. The molecule has 3 atom stereocenters. The number of hydrogen-bond donors (Lipinski definition) is 2. The summed E-state index contributed by atoms with van der Waals surface area (Å²) in [6.45, 7) is 5.00. The molecule has 1 aromatic heterocycles. The summed E-state index contributed by atoms with van der Waals surface area (Å²) in [4.78, 5) is 43.9. The van der Waals surface area contributed by atoms with Gasteiger partial charge in [0.25, 0.3) is 0 Å². The van der Waals surface area contributed by atoms with Crippen LogP contribution in [0.3, 0.4) is 0 Å². The smallest absolute Gasteiger partial charge is 0.328 e. The van der Waals surface area contributed by atoms with E-state index in [2.05, 4.69) is 50.3 Å². The van der Waals surface area contributed by atoms with E-state index in [1.165, 1.54) is 0 Å². The van der Waals surface area contributed by atoms with E-state index < -0.39 is 23.3 Å². The molecule has 0 aliphatic carbocycles. The lowest BCUT2D eigenvalue weighted by atomic mass is 9.62. The number of halogens is 1. The SMILES string of the molecule is CC1CC(C)C2N(C1)c1cnc(Br)cc1CC21C(=O)NC(=O)NC1=O. The number of anilines is 1. The Bertz CT molecular complexity index is 776. The Kier molecular flexibility index (Phi) is 3.64. The molecule has 2 N–H and O–H groups in total. The van der Waals surface area contributed by atoms with E-state index in [4.69, 9.17) is 0 Å². The molecule has 3 unspecified atom stereocenters. The average Bonchev–Trinajstić information content (AvgIpc) is 2.51. The number of amides is 4. The highest BCUT2D eigenvalue weighted by atomic mass is 79.9. The summed E-state index contributed by atoms with van der Waals surface area (Å²) >= 11 is 3.37. The standard InChI is InChI=1S/C17H19BrN4O3/c1-8-3-9(2)13-17(14(23)20-16(25)21-15(17)24)5-10-4-12(18)19-6-11(10)22(13)7-8/h4,6,8-9,13H,3,5,7H2,1-2H3,(H2,20,21,23,24,25). The Morgan fingerprint density at radius 3 is 2.60 bits per heavy atom. The van der Waals surface area contributed by atoms with Gasteiger partial charge in [-0.2, -0.15) is 0 Å². The normalized spacial score (nSPS) is 30.4. The zero-order valence-electron chi connectivity index (χ0n) is 14.0. The van der Waals surface area contributed by atoms with E-state index in [1.54, 1.807) is 6.20 Å². The molecule has 0 bridgehead atoms. The lowest BCUT2D eigenvalue weighted by Gasteiger charge is -2.55. The maximum absolute atomic E-state index is 12.9. The second-order valence-corrected chi connectivity index (χ2v) is 8.25. The minimum Gasteiger partial charge on any atom is -0.365 e. The van der Waals surface area contributed by atoms with E-state index in [-0.39, 0.29) is 18.4 Å². The highest BCUT2D eigenvalue weighted by Crippen LogP contribution is 2.49. The van der Waals surface area contributed by atoms with Gasteiger partial charge in [-0.25, -0.2) is 9.78 Å². The molecular formula is C17H19BrN4O3. The van der Waals surface area contributed by atoms with Gasteiger partial charge in [0.05, 0.1) is 17.9 Å². The van der Waals surface area contributed by atoms with Gasteiger partial charge >= 0.3 is 6.03 Å². The molecule has 132 valence electrons. The topological polar surface area (TPSA) is 91.4 Å². The first kappa shape index (κ1) is 16.5. The van der Waals surface area contributed by atoms with Crippen molar-refractivity contribution in [1.82, 2.24) is 15.6 Å². The summed E-state index contributed by atoms with van der Waals surface area (Å²) in [5.41, 5.74) is 0.551. The molecular weight excluding hydrogens is 388 g/mol. The molecule has 25 heavy (non-hydrogen) atoms. The monoisotopic (exact) mass is 406 g/mol. The van der Waals surface area contributed by atoms with Crippen LogP contribution in [0.2, 0.25) is 0 Å². The molecule has 4 heterocycles. The first-order chi connectivity index (χ1) is 11.8. The predicted octanol–water partition coefficient (Wildman–Crippen LogP) is 1.60. The first-order valence-corrected chi connectivity index (χ1v) is 9.20. The van der Waals surface area contributed by atoms with Crippen LogP contribution >= 0.6 is 15.9 Å². The van der Waals surface area contributed by atoms with Crippen molar-refractivity contribution >= 4 is 39.5 Å². The molecule has 2 saturated heterocycles. The van der Waals surface area contributed by atoms with Crippen LogP contribution in [0.15, 0.2) is 16.9 Å². The van der Waals surface area contributed by atoms with Gasteiger partial charge in [0, 0.05) is 6.54 Å². The van der Waals surface area contributed by atoms with Crippen molar-refractivity contribution in [3.63, 3.8) is 0 Å². The number of nitrogens with one attached hydrogen (secondary N) is 2. The van der Waals surface area contributed by atoms with Crippen molar-refractivity contribution in [2.24, 2.45) is 17.3 Å². The third-order valence-corrected chi connectivity index (χ3v) is 6.07. The lowest BCUT2D eigenvalue weighted by molar-refractivity contribution is -0.148. The average molecular weight is 407 g/mol. The van der Waals surface area contributed by atoms with Crippen molar-refractivity contribution in [3.8, 4) is 0 Å². The zero-order valence-corrected chi connectivity index (χ0v) is 15.6. The quantitative estimate of drug-likeness (QED) is 0.504. The van der Waals surface area contributed by atoms with E-state index in [0.29, 0.717) is 10.5 Å². The maximum Gasteiger partial charge on any atom is 0.328 e. The molecule has 7 nitrogen and oxygen atoms in total. The molecule has 4 amide bonds. The lowest BCUT2D eigenvalue weighted by Crippen LogP contribution is -2.73. The van der Waals surface area contributed by atoms with Crippen LogP contribution in [0.25, 0.3) is 0 Å². The van der Waals surface area contributed by atoms with Crippen molar-refractivity contribution in [2.45, 2.75) is 32.7 Å². The third-order valence-electron chi connectivity index (χ3n) is 5.64. The van der Waals surface area contributed by atoms with Crippen LogP contribution in [0, 0.1) is 17.3 Å². The van der Waals surface area contributed by atoms with Crippen molar-refractivity contribution < 1.29 is 14.4 Å². The fraction of sp³-hybridized carbons (Fsp3) is 0.529. The fourth-order valence-corrected chi connectivity index (χ4v) is 5.23. The number of carbonyl (C=O) groups excluding carboxylic acids is 3. The van der Waals surface area contributed by atoms with Crippen LogP contribution in [0.1, 0.15) is 25.8 Å². The number of aromatic nitrogens is 1. The van der Waals surface area contributed by atoms with Crippen LogP contribution in [0.5, 0.6) is 0 Å². The van der Waals surface area contributed by atoms with E-state index in [9.17, 15) is 14.4 Å². The summed E-state index contributed by atoms with van der Waals surface area (Å²) in [6, 6.07) is 0.812. The highest BCUT2D eigenvalue weighted by molar-refractivity contribution is 9.10. The molecule has 0 saturated carbocycles. The van der Waals surface area contributed by atoms with Crippen molar-refractivity contribution in [2.75, 3.05) is 11.4 Å². The first-order valence-electron chi connectivity index (χ1n) is 8.41. The largest absolute Gasteiger partial charge is 0.365 e. The Balaban J connectivity index is 1.92. The number of carbonyl (C=O) groups is 3. The molecule has 2 fully saturated rings. The van der Waals surface area contributed by atoms with E-state index in [1.807, 2.05) is 6.07 Å². The van der Waals surface area contributed by atoms with Gasteiger partial charge in [0.1, 0.15) is 4.60 Å². The number of piperidine rings is 1. The number of imide groups is 2. The minimum absolute atomic E-state index is 0.130. The number of urea groups is 1. The van der Waals surface area contributed by atoms with Crippen LogP contribution in [-0.2, 0) is 16.0 Å². The van der Waals surface area contributed by atoms with Crippen LogP contribution in [-0.4, -0.2) is 35.4 Å². The number of fused-ring (bicyclic) bond motifs is 4. The second-order valence-electron chi connectivity index (χ2n) is 7.44. The highest BCUT2D eigenvalue weighted by Gasteiger charge is 2.62. The molecule has 1 aromatic rings. The Hall–Kier alpha value is -1.96. The fourth-order valence-electron chi connectivity index (χ4n) is 4.85. The molecule has 3 aliphatic heterocycles. The van der Waals surface area contributed by atoms with Crippen LogP contribution < -0.4 is 15.5 Å². The predicted molar refractivity (Wildman–Crippen MR) is 93.8 cm³/mol. The number of pyridine rings is 1. The summed E-state index contributed by atoms with van der Waals surface area (Å²) in [6.07, 6.45) is 2.98.